The van der Waals surface area contributed by atoms with Gasteiger partial charge in [-0.2, -0.15) is 30.7 Å². The fraction of sp³-hybridized carbons (Fsp3) is 0.400. The molecule has 0 saturated heterocycles. The second-order valence-electron chi connectivity index (χ2n) is 3.56. The monoisotopic (exact) mass is 291 g/mol. The highest BCUT2D eigenvalue weighted by atomic mass is 19.4. The van der Waals surface area contributed by atoms with Crippen LogP contribution in [-0.2, 0) is 0 Å². The number of hydrogen-bond donors (Lipinski definition) is 1. The zero-order chi connectivity index (χ0) is 14.8. The molecule has 0 unspecified atom stereocenters. The quantitative estimate of drug-likeness (QED) is 0.862. The molecular formula is C10H8F7NO. The van der Waals surface area contributed by atoms with Gasteiger partial charge in [0.2, 0.25) is 0 Å². The molecule has 9 heteroatoms. The Bertz CT molecular complexity index is 432. The van der Waals surface area contributed by atoms with Crippen LogP contribution in [0.15, 0.2) is 24.3 Å². The Morgan fingerprint density at radius 1 is 1.05 bits per heavy atom. The van der Waals surface area contributed by atoms with E-state index in [1.165, 1.54) is 0 Å². The van der Waals surface area contributed by atoms with Crippen LogP contribution in [-0.4, -0.2) is 18.7 Å². The number of alkyl halides is 7. The van der Waals surface area contributed by atoms with E-state index in [1.807, 2.05) is 0 Å². The summed E-state index contributed by atoms with van der Waals surface area (Å²) in [6, 6.07) is 0.803. The number of halogens is 7. The fourth-order valence-corrected chi connectivity index (χ4v) is 1.16. The molecule has 0 aliphatic heterocycles. The summed E-state index contributed by atoms with van der Waals surface area (Å²) in [6.45, 7) is 0. The third-order valence-electron chi connectivity index (χ3n) is 2.08. The smallest absolute Gasteiger partial charge is 0.428 e. The average molecular weight is 291 g/mol. The second-order valence-corrected chi connectivity index (χ2v) is 3.56. The highest BCUT2D eigenvalue weighted by Gasteiger charge is 2.44. The summed E-state index contributed by atoms with van der Waals surface area (Å²) in [6.07, 6.45) is -13.7. The third-order valence-corrected chi connectivity index (χ3v) is 2.08. The van der Waals surface area contributed by atoms with Gasteiger partial charge in [0.05, 0.1) is 0 Å². The van der Waals surface area contributed by atoms with Gasteiger partial charge in [0.15, 0.2) is 0 Å². The van der Waals surface area contributed by atoms with E-state index in [2.05, 4.69) is 4.74 Å². The zero-order valence-corrected chi connectivity index (χ0v) is 9.10. The maximum atomic E-state index is 12.6. The summed E-state index contributed by atoms with van der Waals surface area (Å²) in [5, 5.41) is 0. The van der Waals surface area contributed by atoms with Crippen molar-refractivity contribution in [2.75, 3.05) is 0 Å². The van der Waals surface area contributed by atoms with Crippen molar-refractivity contribution >= 4 is 0 Å². The molecule has 0 aliphatic carbocycles. The summed E-state index contributed by atoms with van der Waals surface area (Å²) < 4.78 is 89.4. The van der Waals surface area contributed by atoms with E-state index in [0.717, 1.165) is 18.2 Å². The lowest BCUT2D eigenvalue weighted by molar-refractivity contribution is -0.253. The lowest BCUT2D eigenvalue weighted by Crippen LogP contribution is -2.33. The van der Waals surface area contributed by atoms with E-state index >= 15 is 0 Å². The van der Waals surface area contributed by atoms with Crippen molar-refractivity contribution in [2.24, 2.45) is 5.73 Å². The van der Waals surface area contributed by atoms with E-state index < -0.39 is 36.1 Å². The van der Waals surface area contributed by atoms with Crippen LogP contribution in [0, 0.1) is 0 Å². The minimum absolute atomic E-state index is 0.536. The normalized spacial score (nSPS) is 14.6. The Kier molecular flexibility index (Phi) is 4.28. The van der Waals surface area contributed by atoms with Crippen molar-refractivity contribution in [1.82, 2.24) is 0 Å². The van der Waals surface area contributed by atoms with Gasteiger partial charge in [0.1, 0.15) is 11.8 Å². The predicted molar refractivity (Wildman–Crippen MR) is 51.0 cm³/mol. The van der Waals surface area contributed by atoms with Crippen molar-refractivity contribution in [1.29, 1.82) is 0 Å². The van der Waals surface area contributed by atoms with Crippen molar-refractivity contribution in [3.05, 3.63) is 29.8 Å². The molecule has 2 nitrogen and oxygen atoms in total. The molecule has 0 spiro atoms. The van der Waals surface area contributed by atoms with Crippen LogP contribution >= 0.6 is 0 Å². The van der Waals surface area contributed by atoms with Crippen LogP contribution < -0.4 is 10.5 Å². The molecule has 1 aromatic rings. The van der Waals surface area contributed by atoms with Crippen LogP contribution in [0.1, 0.15) is 11.6 Å². The molecule has 0 fully saturated rings. The van der Waals surface area contributed by atoms with E-state index in [0.29, 0.717) is 6.07 Å². The summed E-state index contributed by atoms with van der Waals surface area (Å²) in [7, 11) is 0. The van der Waals surface area contributed by atoms with Crippen LogP contribution in [0.25, 0.3) is 0 Å². The molecule has 19 heavy (non-hydrogen) atoms. The molecule has 1 aromatic carbocycles. The molecule has 0 aromatic heterocycles. The van der Waals surface area contributed by atoms with Crippen molar-refractivity contribution in [3.8, 4) is 5.75 Å². The topological polar surface area (TPSA) is 35.2 Å². The van der Waals surface area contributed by atoms with Crippen molar-refractivity contribution in [3.63, 3.8) is 0 Å². The van der Waals surface area contributed by atoms with Crippen molar-refractivity contribution < 1.29 is 35.5 Å². The van der Waals surface area contributed by atoms with Crippen LogP contribution in [0.4, 0.5) is 30.7 Å². The number of benzene rings is 1. The summed E-state index contributed by atoms with van der Waals surface area (Å²) in [4.78, 5) is 0. The van der Waals surface area contributed by atoms with Gasteiger partial charge in [-0.25, -0.2) is 0 Å². The first-order chi connectivity index (χ1) is 8.54. The highest BCUT2D eigenvalue weighted by molar-refractivity contribution is 5.31. The average Bonchev–Trinajstić information content (AvgIpc) is 2.26. The van der Waals surface area contributed by atoms with Gasteiger partial charge in [-0.1, -0.05) is 12.1 Å². The van der Waals surface area contributed by atoms with Crippen LogP contribution in [0.2, 0.25) is 0 Å². The Labute approximate surface area is 103 Å². The van der Waals surface area contributed by atoms with Gasteiger partial charge in [-0.15, -0.1) is 0 Å². The SMILES string of the molecule is N[C@@H](c1cccc(OC(F)(F)C(F)F)c1)C(F)(F)F. The highest BCUT2D eigenvalue weighted by Crippen LogP contribution is 2.33. The van der Waals surface area contributed by atoms with Crippen LogP contribution in [0.5, 0.6) is 5.75 Å². The minimum Gasteiger partial charge on any atom is -0.428 e. The van der Waals surface area contributed by atoms with Gasteiger partial charge >= 0.3 is 18.7 Å². The standard InChI is InChI=1S/C10H8F7NO/c11-8(12)10(16,17)19-6-3-1-2-5(4-6)7(18)9(13,14)15/h1-4,7-8H,18H2/t7-/m0/s1. The molecule has 0 heterocycles. The first kappa shape index (κ1) is 15.5. The van der Waals surface area contributed by atoms with Gasteiger partial charge < -0.3 is 10.5 Å². The molecule has 0 bridgehead atoms. The molecule has 2 N–H and O–H groups in total. The maximum Gasteiger partial charge on any atom is 0.461 e. The molecular weight excluding hydrogens is 283 g/mol. The minimum atomic E-state index is -4.79. The fourth-order valence-electron chi connectivity index (χ4n) is 1.16. The van der Waals surface area contributed by atoms with Crippen LogP contribution in [0.3, 0.4) is 0 Å². The Morgan fingerprint density at radius 2 is 1.63 bits per heavy atom. The molecule has 0 amide bonds. The van der Waals surface area contributed by atoms with Gasteiger partial charge in [-0.3, -0.25) is 0 Å². The first-order valence-electron chi connectivity index (χ1n) is 4.81. The molecule has 0 radical (unpaired) electrons. The van der Waals surface area contributed by atoms with E-state index in [9.17, 15) is 30.7 Å². The summed E-state index contributed by atoms with van der Waals surface area (Å²) in [5.74, 6) is -0.831. The zero-order valence-electron chi connectivity index (χ0n) is 9.10. The number of ether oxygens (including phenoxy) is 1. The Morgan fingerprint density at radius 3 is 2.11 bits per heavy atom. The molecule has 0 aliphatic rings. The molecule has 1 atom stereocenters. The second kappa shape index (κ2) is 5.24. The third kappa shape index (κ3) is 3.98. The Hall–Kier alpha value is -1.51. The van der Waals surface area contributed by atoms with E-state index in [-0.39, 0.29) is 0 Å². The molecule has 0 saturated carbocycles. The first-order valence-corrected chi connectivity index (χ1v) is 4.81. The number of rotatable bonds is 4. The lowest BCUT2D eigenvalue weighted by Gasteiger charge is -2.19. The predicted octanol–water partition coefficient (Wildman–Crippen LogP) is 3.49. The molecule has 108 valence electrons. The Balaban J connectivity index is 2.96. The van der Waals surface area contributed by atoms with Gasteiger partial charge in [0, 0.05) is 0 Å². The largest absolute Gasteiger partial charge is 0.461 e. The van der Waals surface area contributed by atoms with Gasteiger partial charge in [0.25, 0.3) is 0 Å². The maximum absolute atomic E-state index is 12.6. The number of nitrogens with two attached hydrogens (primary N) is 1. The summed E-state index contributed by atoms with van der Waals surface area (Å²) in [5.41, 5.74) is 4.27. The van der Waals surface area contributed by atoms with Crippen molar-refractivity contribution in [2.45, 2.75) is 24.8 Å². The lowest BCUT2D eigenvalue weighted by atomic mass is 10.1. The molecule has 1 rings (SSSR count). The summed E-state index contributed by atoms with van der Waals surface area (Å²) >= 11 is 0. The van der Waals surface area contributed by atoms with Gasteiger partial charge in [-0.05, 0) is 17.7 Å². The number of hydrogen-bond acceptors (Lipinski definition) is 2. The van der Waals surface area contributed by atoms with E-state index in [4.69, 9.17) is 5.73 Å². The van der Waals surface area contributed by atoms with E-state index in [1.54, 1.807) is 0 Å².